The highest BCUT2D eigenvalue weighted by atomic mass is 35.5. The number of carbonyl (C=O) groups is 1. The molecule has 0 saturated heterocycles. The molecule has 0 atom stereocenters. The molecule has 3 aromatic rings. The Kier molecular flexibility index (Phi) is 6.44. The lowest BCUT2D eigenvalue weighted by molar-refractivity contribution is 0.0692. The smallest absolute Gasteiger partial charge is 0.338 e. The molecule has 1 aliphatic carbocycles. The van der Waals surface area contributed by atoms with Crippen molar-refractivity contribution in [2.45, 2.75) is 25.9 Å². The van der Waals surface area contributed by atoms with E-state index in [1.807, 2.05) is 0 Å². The SMILES string of the molecule is O=C(O)c1cc(C2=C(c3cc(Cl)cnc3OCc3ccc(Cl)cc3F)CCC2)ccc1F. The van der Waals surface area contributed by atoms with Gasteiger partial charge in [0, 0.05) is 22.3 Å². The Morgan fingerprint density at radius 1 is 1.00 bits per heavy atom. The van der Waals surface area contributed by atoms with E-state index in [0.717, 1.165) is 23.6 Å². The number of pyridine rings is 1. The number of benzene rings is 2. The fourth-order valence-electron chi connectivity index (χ4n) is 3.78. The van der Waals surface area contributed by atoms with Crippen molar-refractivity contribution in [1.29, 1.82) is 0 Å². The average molecular weight is 476 g/mol. The van der Waals surface area contributed by atoms with Crippen LogP contribution in [0.3, 0.4) is 0 Å². The molecule has 164 valence electrons. The number of rotatable bonds is 6. The Hall–Kier alpha value is -2.96. The summed E-state index contributed by atoms with van der Waals surface area (Å²) in [6.07, 6.45) is 3.62. The summed E-state index contributed by atoms with van der Waals surface area (Å²) >= 11 is 12.0. The lowest BCUT2D eigenvalue weighted by Gasteiger charge is -2.15. The van der Waals surface area contributed by atoms with Crippen molar-refractivity contribution in [3.8, 4) is 5.88 Å². The van der Waals surface area contributed by atoms with Crippen molar-refractivity contribution in [2.24, 2.45) is 0 Å². The van der Waals surface area contributed by atoms with E-state index in [0.29, 0.717) is 34.6 Å². The van der Waals surface area contributed by atoms with E-state index in [1.54, 1.807) is 24.3 Å². The topological polar surface area (TPSA) is 59.4 Å². The molecule has 1 N–H and O–H groups in total. The van der Waals surface area contributed by atoms with Gasteiger partial charge in [-0.05, 0) is 66.3 Å². The normalized spacial score (nSPS) is 13.5. The Morgan fingerprint density at radius 2 is 1.78 bits per heavy atom. The second kappa shape index (κ2) is 9.27. The first-order chi connectivity index (χ1) is 15.3. The van der Waals surface area contributed by atoms with Crippen LogP contribution in [0.2, 0.25) is 10.0 Å². The van der Waals surface area contributed by atoms with Gasteiger partial charge in [0.05, 0.1) is 10.6 Å². The van der Waals surface area contributed by atoms with Crippen LogP contribution >= 0.6 is 23.2 Å². The van der Waals surface area contributed by atoms with Gasteiger partial charge in [-0.2, -0.15) is 0 Å². The number of hydrogen-bond acceptors (Lipinski definition) is 3. The molecular weight excluding hydrogens is 459 g/mol. The van der Waals surface area contributed by atoms with Crippen molar-refractivity contribution in [2.75, 3.05) is 0 Å². The Morgan fingerprint density at radius 3 is 2.53 bits per heavy atom. The molecule has 0 aliphatic heterocycles. The van der Waals surface area contributed by atoms with Crippen molar-refractivity contribution in [3.63, 3.8) is 0 Å². The molecule has 1 heterocycles. The van der Waals surface area contributed by atoms with Crippen LogP contribution in [0.1, 0.15) is 46.3 Å². The van der Waals surface area contributed by atoms with Crippen LogP contribution in [-0.4, -0.2) is 16.1 Å². The third-order valence-electron chi connectivity index (χ3n) is 5.29. The number of hydrogen-bond donors (Lipinski definition) is 1. The van der Waals surface area contributed by atoms with E-state index >= 15 is 0 Å². The van der Waals surface area contributed by atoms with Gasteiger partial charge >= 0.3 is 5.97 Å². The minimum absolute atomic E-state index is 0.0625. The standard InChI is InChI=1S/C24H17Cl2F2NO3/c25-15-6-4-14(22(28)10-15)12-32-23-19(9-16(26)11-29-23)18-3-1-2-17(18)13-5-7-21(27)20(8-13)24(30)31/h4-11H,1-3,12H2,(H,30,31). The molecule has 1 aromatic heterocycles. The molecule has 0 fully saturated rings. The van der Waals surface area contributed by atoms with E-state index in [9.17, 15) is 18.7 Å². The highest BCUT2D eigenvalue weighted by Gasteiger charge is 2.23. The second-order valence-electron chi connectivity index (χ2n) is 7.34. The monoisotopic (exact) mass is 475 g/mol. The quantitative estimate of drug-likeness (QED) is 0.415. The highest BCUT2D eigenvalue weighted by molar-refractivity contribution is 6.31. The van der Waals surface area contributed by atoms with Crippen LogP contribution in [0.4, 0.5) is 8.78 Å². The molecule has 0 radical (unpaired) electrons. The molecule has 0 bridgehead atoms. The average Bonchev–Trinajstić information content (AvgIpc) is 3.23. The molecule has 32 heavy (non-hydrogen) atoms. The number of aromatic nitrogens is 1. The Balaban J connectivity index is 1.73. The van der Waals surface area contributed by atoms with Crippen LogP contribution in [-0.2, 0) is 6.61 Å². The van der Waals surface area contributed by atoms with Crippen molar-refractivity contribution >= 4 is 40.3 Å². The predicted octanol–water partition coefficient (Wildman–Crippen LogP) is 7.04. The summed E-state index contributed by atoms with van der Waals surface area (Å²) in [5.41, 5.74) is 2.95. The van der Waals surface area contributed by atoms with Gasteiger partial charge in [0.2, 0.25) is 5.88 Å². The van der Waals surface area contributed by atoms with E-state index < -0.39 is 17.6 Å². The number of allylic oxidation sites excluding steroid dienone is 2. The maximum absolute atomic E-state index is 14.1. The van der Waals surface area contributed by atoms with Gasteiger partial charge in [0.1, 0.15) is 18.2 Å². The molecule has 4 rings (SSSR count). The minimum Gasteiger partial charge on any atom is -0.478 e. The van der Waals surface area contributed by atoms with Crippen LogP contribution in [0.5, 0.6) is 5.88 Å². The third-order valence-corrected chi connectivity index (χ3v) is 5.73. The zero-order valence-corrected chi connectivity index (χ0v) is 18.2. The summed E-state index contributed by atoms with van der Waals surface area (Å²) in [6.45, 7) is -0.0625. The van der Waals surface area contributed by atoms with Gasteiger partial charge in [-0.1, -0.05) is 35.3 Å². The first kappa shape index (κ1) is 22.2. The summed E-state index contributed by atoms with van der Waals surface area (Å²) in [4.78, 5) is 15.6. The van der Waals surface area contributed by atoms with E-state index in [4.69, 9.17) is 27.9 Å². The maximum Gasteiger partial charge on any atom is 0.338 e. The molecule has 4 nitrogen and oxygen atoms in total. The van der Waals surface area contributed by atoms with Gasteiger partial charge in [0.25, 0.3) is 0 Å². The molecular formula is C24H17Cl2F2NO3. The molecule has 2 aromatic carbocycles. The number of nitrogens with zero attached hydrogens (tertiary/aromatic N) is 1. The maximum atomic E-state index is 14.1. The van der Waals surface area contributed by atoms with Crippen LogP contribution < -0.4 is 4.74 Å². The first-order valence-electron chi connectivity index (χ1n) is 9.81. The van der Waals surface area contributed by atoms with Crippen molar-refractivity contribution in [3.05, 3.63) is 92.6 Å². The number of carboxylic acid groups (broad SMARTS) is 1. The number of carboxylic acids is 1. The second-order valence-corrected chi connectivity index (χ2v) is 8.21. The fourth-order valence-corrected chi connectivity index (χ4v) is 4.10. The van der Waals surface area contributed by atoms with Crippen LogP contribution in [0, 0.1) is 11.6 Å². The zero-order chi connectivity index (χ0) is 22.8. The Bertz CT molecular complexity index is 1240. The minimum atomic E-state index is -1.33. The molecule has 0 saturated carbocycles. The highest BCUT2D eigenvalue weighted by Crippen LogP contribution is 2.43. The zero-order valence-electron chi connectivity index (χ0n) is 16.7. The lowest BCUT2D eigenvalue weighted by atomic mass is 9.96. The molecule has 0 unspecified atom stereocenters. The van der Waals surface area contributed by atoms with E-state index in [-0.39, 0.29) is 23.1 Å². The van der Waals surface area contributed by atoms with Crippen LogP contribution in [0.15, 0.2) is 48.7 Å². The largest absolute Gasteiger partial charge is 0.478 e. The summed E-state index contributed by atoms with van der Waals surface area (Å²) in [7, 11) is 0. The summed E-state index contributed by atoms with van der Waals surface area (Å²) < 4.78 is 33.9. The first-order valence-corrected chi connectivity index (χ1v) is 10.6. The van der Waals surface area contributed by atoms with E-state index in [1.165, 1.54) is 18.3 Å². The van der Waals surface area contributed by atoms with Gasteiger partial charge in [-0.15, -0.1) is 0 Å². The van der Waals surface area contributed by atoms with E-state index in [2.05, 4.69) is 4.98 Å². The Labute approximate surface area is 193 Å². The lowest BCUT2D eigenvalue weighted by Crippen LogP contribution is -2.03. The number of ether oxygens (including phenoxy) is 1. The van der Waals surface area contributed by atoms with Crippen molar-refractivity contribution < 1.29 is 23.4 Å². The summed E-state index contributed by atoms with van der Waals surface area (Å²) in [5, 5.41) is 9.96. The molecule has 1 aliphatic rings. The van der Waals surface area contributed by atoms with Gasteiger partial charge in [-0.25, -0.2) is 18.6 Å². The molecule has 0 spiro atoms. The van der Waals surface area contributed by atoms with Crippen LogP contribution in [0.25, 0.3) is 11.1 Å². The summed E-state index contributed by atoms with van der Waals surface area (Å²) in [5.74, 6) is -2.33. The van der Waals surface area contributed by atoms with Gasteiger partial charge < -0.3 is 9.84 Å². The molecule has 0 amide bonds. The number of aromatic carboxylic acids is 1. The van der Waals surface area contributed by atoms with Crippen molar-refractivity contribution in [1.82, 2.24) is 4.98 Å². The van der Waals surface area contributed by atoms with Gasteiger partial charge in [0.15, 0.2) is 0 Å². The van der Waals surface area contributed by atoms with Gasteiger partial charge in [-0.3, -0.25) is 0 Å². The fraction of sp³-hybridized carbons (Fsp3) is 0.167. The molecule has 8 heteroatoms. The number of halogens is 4. The summed E-state index contributed by atoms with van der Waals surface area (Å²) in [6, 6.07) is 10.1. The third kappa shape index (κ3) is 4.61. The predicted molar refractivity (Wildman–Crippen MR) is 119 cm³/mol.